The molecule has 1 N–H and O–H groups in total. The van der Waals surface area contributed by atoms with Crippen LogP contribution < -0.4 is 5.32 Å². The monoisotopic (exact) mass is 184 g/mol. The maximum Gasteiger partial charge on any atom is 0.244 e. The van der Waals surface area contributed by atoms with Crippen LogP contribution in [0.1, 0.15) is 26.2 Å². The molecule has 0 radical (unpaired) electrons. The topological polar surface area (TPSA) is 49.4 Å². The van der Waals surface area contributed by atoms with Crippen molar-refractivity contribution in [1.29, 1.82) is 0 Å². The predicted molar refractivity (Wildman–Crippen MR) is 49.1 cm³/mol. The lowest BCUT2D eigenvalue weighted by Gasteiger charge is -2.19. The fraction of sp³-hybridized carbons (Fsp3) is 0.778. The molecular weight excluding hydrogens is 168 g/mol. The van der Waals surface area contributed by atoms with Crippen LogP contribution in [-0.4, -0.2) is 36.3 Å². The molecule has 2 amide bonds. The van der Waals surface area contributed by atoms with Crippen LogP contribution in [0.3, 0.4) is 0 Å². The van der Waals surface area contributed by atoms with Gasteiger partial charge < -0.3 is 10.2 Å². The largest absolute Gasteiger partial charge is 0.345 e. The molecule has 0 aliphatic carbocycles. The normalized spacial score (nSPS) is 24.0. The molecule has 0 saturated carbocycles. The number of carbonyl (C=O) groups excluding carboxylic acids is 2. The minimum absolute atomic E-state index is 0.0349. The molecule has 1 heterocycles. The van der Waals surface area contributed by atoms with Crippen molar-refractivity contribution in [2.75, 3.05) is 13.6 Å². The Morgan fingerprint density at radius 3 is 2.85 bits per heavy atom. The van der Waals surface area contributed by atoms with Gasteiger partial charge in [0.2, 0.25) is 11.8 Å². The molecule has 0 aromatic carbocycles. The second-order valence-corrected chi connectivity index (χ2v) is 3.51. The van der Waals surface area contributed by atoms with Gasteiger partial charge in [-0.25, -0.2) is 0 Å². The van der Waals surface area contributed by atoms with Crippen molar-refractivity contribution >= 4 is 11.8 Å². The number of likely N-dealkylation sites (tertiary alicyclic amines) is 1. The van der Waals surface area contributed by atoms with Gasteiger partial charge in [-0.1, -0.05) is 0 Å². The molecule has 1 unspecified atom stereocenters. The van der Waals surface area contributed by atoms with Crippen LogP contribution >= 0.6 is 0 Å². The SMILES string of the molecule is CC(=O)NC1CCCCN(C)C1=O. The number of nitrogens with one attached hydrogen (secondary N) is 1. The first-order valence-electron chi connectivity index (χ1n) is 4.63. The minimum Gasteiger partial charge on any atom is -0.345 e. The maximum atomic E-state index is 11.6. The van der Waals surface area contributed by atoms with Crippen molar-refractivity contribution in [2.45, 2.75) is 32.2 Å². The van der Waals surface area contributed by atoms with Crippen molar-refractivity contribution < 1.29 is 9.59 Å². The summed E-state index contributed by atoms with van der Waals surface area (Å²) >= 11 is 0. The quantitative estimate of drug-likeness (QED) is 0.630. The van der Waals surface area contributed by atoms with Gasteiger partial charge in [0.25, 0.3) is 0 Å². The zero-order chi connectivity index (χ0) is 9.84. The number of rotatable bonds is 1. The van der Waals surface area contributed by atoms with Crippen molar-refractivity contribution in [3.63, 3.8) is 0 Å². The summed E-state index contributed by atoms with van der Waals surface area (Å²) in [6.45, 7) is 2.24. The second kappa shape index (κ2) is 4.25. The van der Waals surface area contributed by atoms with E-state index in [-0.39, 0.29) is 17.9 Å². The van der Waals surface area contributed by atoms with Crippen LogP contribution in [0.2, 0.25) is 0 Å². The van der Waals surface area contributed by atoms with E-state index in [1.54, 1.807) is 11.9 Å². The lowest BCUT2D eigenvalue weighted by Crippen LogP contribution is -2.45. The Kier molecular flexibility index (Phi) is 3.28. The van der Waals surface area contributed by atoms with Crippen LogP contribution in [0.15, 0.2) is 0 Å². The number of hydrogen-bond donors (Lipinski definition) is 1. The smallest absolute Gasteiger partial charge is 0.244 e. The van der Waals surface area contributed by atoms with Gasteiger partial charge in [0.05, 0.1) is 0 Å². The van der Waals surface area contributed by atoms with Crippen LogP contribution in [-0.2, 0) is 9.59 Å². The molecule has 1 atom stereocenters. The van der Waals surface area contributed by atoms with E-state index in [1.807, 2.05) is 0 Å². The Bertz CT molecular complexity index is 216. The van der Waals surface area contributed by atoms with Crippen LogP contribution in [0.25, 0.3) is 0 Å². The third kappa shape index (κ3) is 2.72. The number of amides is 2. The Morgan fingerprint density at radius 1 is 1.54 bits per heavy atom. The van der Waals surface area contributed by atoms with Gasteiger partial charge in [-0.3, -0.25) is 9.59 Å². The van der Waals surface area contributed by atoms with Gasteiger partial charge in [0, 0.05) is 20.5 Å². The number of likely N-dealkylation sites (N-methyl/N-ethyl adjacent to an activating group) is 1. The molecule has 4 heteroatoms. The van der Waals surface area contributed by atoms with Crippen molar-refractivity contribution in [3.05, 3.63) is 0 Å². The molecule has 4 nitrogen and oxygen atoms in total. The summed E-state index contributed by atoms with van der Waals surface area (Å²) < 4.78 is 0. The van der Waals surface area contributed by atoms with E-state index in [2.05, 4.69) is 5.32 Å². The van der Waals surface area contributed by atoms with Gasteiger partial charge in [0.1, 0.15) is 6.04 Å². The first-order chi connectivity index (χ1) is 6.11. The fourth-order valence-corrected chi connectivity index (χ4v) is 1.58. The molecule has 74 valence electrons. The van der Waals surface area contributed by atoms with Crippen LogP contribution in [0.5, 0.6) is 0 Å². The summed E-state index contributed by atoms with van der Waals surface area (Å²) in [6, 6.07) is -0.301. The second-order valence-electron chi connectivity index (χ2n) is 3.51. The first-order valence-corrected chi connectivity index (χ1v) is 4.63. The molecule has 1 aliphatic rings. The number of nitrogens with zero attached hydrogens (tertiary/aromatic N) is 1. The molecule has 13 heavy (non-hydrogen) atoms. The Morgan fingerprint density at radius 2 is 2.23 bits per heavy atom. The summed E-state index contributed by atoms with van der Waals surface area (Å²) in [7, 11) is 1.78. The maximum absolute atomic E-state index is 11.6. The molecule has 0 aromatic heterocycles. The van der Waals surface area contributed by atoms with Crippen molar-refractivity contribution in [1.82, 2.24) is 10.2 Å². The molecule has 0 bridgehead atoms. The van der Waals surface area contributed by atoms with E-state index in [9.17, 15) is 9.59 Å². The van der Waals surface area contributed by atoms with E-state index in [1.165, 1.54) is 6.92 Å². The third-order valence-corrected chi connectivity index (χ3v) is 2.29. The van der Waals surface area contributed by atoms with E-state index >= 15 is 0 Å². The van der Waals surface area contributed by atoms with E-state index in [0.29, 0.717) is 0 Å². The minimum atomic E-state index is -0.301. The number of hydrogen-bond acceptors (Lipinski definition) is 2. The van der Waals surface area contributed by atoms with E-state index in [0.717, 1.165) is 25.8 Å². The van der Waals surface area contributed by atoms with Crippen LogP contribution in [0.4, 0.5) is 0 Å². The average Bonchev–Trinajstić information content (AvgIpc) is 2.19. The highest BCUT2D eigenvalue weighted by molar-refractivity contribution is 5.86. The van der Waals surface area contributed by atoms with Crippen LogP contribution in [0, 0.1) is 0 Å². The van der Waals surface area contributed by atoms with E-state index in [4.69, 9.17) is 0 Å². The zero-order valence-electron chi connectivity index (χ0n) is 8.17. The fourth-order valence-electron chi connectivity index (χ4n) is 1.58. The number of carbonyl (C=O) groups is 2. The molecule has 0 aromatic rings. The lowest BCUT2D eigenvalue weighted by atomic mass is 10.1. The van der Waals surface area contributed by atoms with Gasteiger partial charge in [-0.05, 0) is 19.3 Å². The zero-order valence-corrected chi connectivity index (χ0v) is 8.17. The Balaban J connectivity index is 2.59. The van der Waals surface area contributed by atoms with Crippen molar-refractivity contribution in [2.24, 2.45) is 0 Å². The van der Waals surface area contributed by atoms with Gasteiger partial charge in [0.15, 0.2) is 0 Å². The molecule has 1 rings (SSSR count). The highest BCUT2D eigenvalue weighted by Crippen LogP contribution is 2.10. The molecular formula is C9H16N2O2. The molecule has 1 fully saturated rings. The standard InChI is InChI=1S/C9H16N2O2/c1-7(12)10-8-5-3-4-6-11(2)9(8)13/h8H,3-6H2,1-2H3,(H,10,12). The molecule has 1 saturated heterocycles. The van der Waals surface area contributed by atoms with Gasteiger partial charge in [-0.2, -0.15) is 0 Å². The van der Waals surface area contributed by atoms with Gasteiger partial charge in [-0.15, -0.1) is 0 Å². The highest BCUT2D eigenvalue weighted by atomic mass is 16.2. The summed E-state index contributed by atoms with van der Waals surface area (Å²) in [6.07, 6.45) is 2.79. The van der Waals surface area contributed by atoms with E-state index < -0.39 is 0 Å². The highest BCUT2D eigenvalue weighted by Gasteiger charge is 2.24. The third-order valence-electron chi connectivity index (χ3n) is 2.29. The van der Waals surface area contributed by atoms with Crippen molar-refractivity contribution in [3.8, 4) is 0 Å². The Labute approximate surface area is 78.3 Å². The summed E-state index contributed by atoms with van der Waals surface area (Å²) in [4.78, 5) is 24.1. The molecule has 1 aliphatic heterocycles. The predicted octanol–water partition coefficient (Wildman–Crippen LogP) is 0.133. The average molecular weight is 184 g/mol. The summed E-state index contributed by atoms with van der Waals surface area (Å²) in [5.74, 6) is -0.0960. The summed E-state index contributed by atoms with van der Waals surface area (Å²) in [5.41, 5.74) is 0. The molecule has 0 spiro atoms. The first kappa shape index (κ1) is 10.0. The lowest BCUT2D eigenvalue weighted by molar-refractivity contribution is -0.134. The summed E-state index contributed by atoms with van der Waals surface area (Å²) in [5, 5.41) is 2.67. The van der Waals surface area contributed by atoms with Gasteiger partial charge >= 0.3 is 0 Å². The Hall–Kier alpha value is -1.06.